The fourth-order valence-electron chi connectivity index (χ4n) is 4.96. The standard InChI is InChI=1S/C38H32O7/c1-6-8-25-10-16-33-28(18-25)20-36(44-33)32-21-31(37(43-24(4)39)22-35(32)42-5)23(3)30-19-26(9-7-2)11-17-34(30)45-38(41)27-12-14-29(40)15-13-27/h6-22,40H,3H2,1-2,4-5H3. The summed E-state index contributed by atoms with van der Waals surface area (Å²) in [4.78, 5) is 25.3. The van der Waals surface area contributed by atoms with E-state index in [1.54, 1.807) is 18.2 Å². The normalized spacial score (nSPS) is 11.3. The zero-order valence-electron chi connectivity index (χ0n) is 25.4. The van der Waals surface area contributed by atoms with Gasteiger partial charge in [-0.2, -0.15) is 0 Å². The number of fused-ring (bicyclic) bond motifs is 1. The summed E-state index contributed by atoms with van der Waals surface area (Å²) in [5, 5.41) is 10.5. The molecule has 0 amide bonds. The van der Waals surface area contributed by atoms with Crippen molar-refractivity contribution in [3.05, 3.63) is 125 Å². The van der Waals surface area contributed by atoms with Crippen LogP contribution >= 0.6 is 0 Å². The van der Waals surface area contributed by atoms with Crippen molar-refractivity contribution >= 4 is 40.6 Å². The molecule has 0 fully saturated rings. The summed E-state index contributed by atoms with van der Waals surface area (Å²) >= 11 is 0. The van der Waals surface area contributed by atoms with Crippen LogP contribution in [0.1, 0.15) is 53.4 Å². The van der Waals surface area contributed by atoms with Crippen molar-refractivity contribution in [3.8, 4) is 34.3 Å². The van der Waals surface area contributed by atoms with E-state index in [1.807, 2.05) is 74.5 Å². The number of methoxy groups -OCH3 is 1. The summed E-state index contributed by atoms with van der Waals surface area (Å²) in [5.41, 5.74) is 4.86. The fraction of sp³-hybridized carbons (Fsp3) is 0.105. The zero-order chi connectivity index (χ0) is 32.1. The molecule has 0 aliphatic heterocycles. The number of phenolic OH excluding ortho intramolecular Hbond substituents is 1. The monoisotopic (exact) mass is 600 g/mol. The third-order valence-electron chi connectivity index (χ3n) is 7.04. The lowest BCUT2D eigenvalue weighted by Crippen LogP contribution is -2.10. The molecule has 0 unspecified atom stereocenters. The van der Waals surface area contributed by atoms with Gasteiger partial charge in [-0.1, -0.05) is 43.0 Å². The molecule has 0 aliphatic carbocycles. The minimum Gasteiger partial charge on any atom is -0.508 e. The van der Waals surface area contributed by atoms with Crippen molar-refractivity contribution in [3.63, 3.8) is 0 Å². The topological polar surface area (TPSA) is 95.2 Å². The SMILES string of the molecule is C=C(c1cc(-c2cc3cc(C=CC)ccc3o2)c(OC)cc1OC(C)=O)c1cc(C=CC)ccc1OC(=O)c1ccc(O)cc1. The summed E-state index contributed by atoms with van der Waals surface area (Å²) in [6, 6.07) is 22.4. The molecule has 0 bridgehead atoms. The third kappa shape index (κ3) is 6.73. The number of hydrogen-bond donors (Lipinski definition) is 1. The Morgan fingerprint density at radius 3 is 2.11 bits per heavy atom. The number of benzene rings is 4. The Kier molecular flexibility index (Phi) is 9.00. The number of esters is 2. The number of phenols is 1. The minimum atomic E-state index is -0.613. The average molecular weight is 601 g/mol. The van der Waals surface area contributed by atoms with Gasteiger partial charge >= 0.3 is 11.9 Å². The Morgan fingerprint density at radius 2 is 1.44 bits per heavy atom. The number of hydrogen-bond acceptors (Lipinski definition) is 7. The summed E-state index contributed by atoms with van der Waals surface area (Å²) in [6.45, 7) is 9.54. The second-order valence-electron chi connectivity index (χ2n) is 10.2. The van der Waals surface area contributed by atoms with E-state index in [2.05, 4.69) is 6.58 Å². The molecule has 7 nitrogen and oxygen atoms in total. The predicted molar refractivity (Wildman–Crippen MR) is 177 cm³/mol. The Morgan fingerprint density at radius 1 is 0.778 bits per heavy atom. The Labute approximate surface area is 261 Å². The molecule has 226 valence electrons. The van der Waals surface area contributed by atoms with Gasteiger partial charge in [-0.25, -0.2) is 4.79 Å². The number of carbonyl (C=O) groups excluding carboxylic acids is 2. The molecule has 5 rings (SSSR count). The lowest BCUT2D eigenvalue weighted by molar-refractivity contribution is -0.131. The summed E-state index contributed by atoms with van der Waals surface area (Å²) in [7, 11) is 1.53. The van der Waals surface area contributed by atoms with Crippen LogP contribution in [0.25, 0.3) is 40.0 Å². The van der Waals surface area contributed by atoms with Gasteiger partial charge in [0.25, 0.3) is 0 Å². The van der Waals surface area contributed by atoms with Crippen LogP contribution in [0, 0.1) is 0 Å². The van der Waals surface area contributed by atoms with Gasteiger partial charge in [0.1, 0.15) is 34.3 Å². The maximum atomic E-state index is 13.1. The molecule has 0 radical (unpaired) electrons. The zero-order valence-corrected chi connectivity index (χ0v) is 25.4. The van der Waals surface area contributed by atoms with Crippen molar-refractivity contribution in [2.45, 2.75) is 20.8 Å². The average Bonchev–Trinajstić information content (AvgIpc) is 3.45. The highest BCUT2D eigenvalue weighted by Gasteiger charge is 2.23. The summed E-state index contributed by atoms with van der Waals surface area (Å²) in [6.07, 6.45) is 7.78. The van der Waals surface area contributed by atoms with Crippen LogP contribution in [-0.4, -0.2) is 24.2 Å². The molecule has 0 saturated heterocycles. The fourth-order valence-corrected chi connectivity index (χ4v) is 4.96. The van der Waals surface area contributed by atoms with Gasteiger partial charge < -0.3 is 23.7 Å². The third-order valence-corrected chi connectivity index (χ3v) is 7.04. The van der Waals surface area contributed by atoms with Crippen molar-refractivity contribution in [1.29, 1.82) is 0 Å². The molecule has 4 aromatic carbocycles. The molecular weight excluding hydrogens is 568 g/mol. The minimum absolute atomic E-state index is 0.0346. The highest BCUT2D eigenvalue weighted by molar-refractivity contribution is 5.94. The molecule has 0 spiro atoms. The summed E-state index contributed by atoms with van der Waals surface area (Å²) < 4.78 is 23.4. The quantitative estimate of drug-likeness (QED) is 0.133. The van der Waals surface area contributed by atoms with Crippen LogP contribution in [0.5, 0.6) is 23.0 Å². The van der Waals surface area contributed by atoms with Crippen LogP contribution in [0.4, 0.5) is 0 Å². The predicted octanol–water partition coefficient (Wildman–Crippen LogP) is 9.09. The van der Waals surface area contributed by atoms with Crippen molar-refractivity contribution < 1.29 is 33.3 Å². The number of ether oxygens (including phenoxy) is 3. The molecule has 7 heteroatoms. The van der Waals surface area contributed by atoms with Crippen LogP contribution in [0.15, 0.2) is 102 Å². The van der Waals surface area contributed by atoms with Crippen LogP contribution in [0.3, 0.4) is 0 Å². The second kappa shape index (κ2) is 13.2. The van der Waals surface area contributed by atoms with E-state index >= 15 is 0 Å². The van der Waals surface area contributed by atoms with E-state index in [1.165, 1.54) is 38.3 Å². The van der Waals surface area contributed by atoms with Crippen LogP contribution in [-0.2, 0) is 4.79 Å². The van der Waals surface area contributed by atoms with Crippen molar-refractivity contribution in [2.24, 2.45) is 0 Å². The molecule has 45 heavy (non-hydrogen) atoms. The first-order valence-electron chi connectivity index (χ1n) is 14.3. The highest BCUT2D eigenvalue weighted by Crippen LogP contribution is 2.43. The summed E-state index contributed by atoms with van der Waals surface area (Å²) in [5.74, 6) is 0.331. The lowest BCUT2D eigenvalue weighted by Gasteiger charge is -2.18. The first-order chi connectivity index (χ1) is 21.7. The van der Waals surface area contributed by atoms with Crippen LogP contribution < -0.4 is 14.2 Å². The van der Waals surface area contributed by atoms with Gasteiger partial charge in [0, 0.05) is 29.5 Å². The van der Waals surface area contributed by atoms with Gasteiger partial charge in [-0.3, -0.25) is 4.79 Å². The molecule has 5 aromatic rings. The molecular formula is C38H32O7. The molecule has 1 heterocycles. The molecule has 0 atom stereocenters. The van der Waals surface area contributed by atoms with Crippen molar-refractivity contribution in [2.75, 3.05) is 7.11 Å². The van der Waals surface area contributed by atoms with Gasteiger partial charge in [0.2, 0.25) is 0 Å². The van der Waals surface area contributed by atoms with Gasteiger partial charge in [0.15, 0.2) is 0 Å². The van der Waals surface area contributed by atoms with E-state index in [4.69, 9.17) is 18.6 Å². The first kappa shape index (κ1) is 30.6. The lowest BCUT2D eigenvalue weighted by atomic mass is 9.93. The molecule has 1 N–H and O–H groups in total. The Balaban J connectivity index is 1.65. The molecule has 1 aromatic heterocycles. The maximum Gasteiger partial charge on any atom is 0.343 e. The Bertz CT molecular complexity index is 1970. The van der Waals surface area contributed by atoms with Gasteiger partial charge in [-0.05, 0) is 91.2 Å². The van der Waals surface area contributed by atoms with E-state index in [9.17, 15) is 14.7 Å². The number of furan rings is 1. The maximum absolute atomic E-state index is 13.1. The largest absolute Gasteiger partial charge is 0.508 e. The van der Waals surface area contributed by atoms with E-state index in [0.717, 1.165) is 16.5 Å². The number of aromatic hydroxyl groups is 1. The van der Waals surface area contributed by atoms with E-state index in [0.29, 0.717) is 39.4 Å². The second-order valence-corrected chi connectivity index (χ2v) is 10.2. The van der Waals surface area contributed by atoms with E-state index < -0.39 is 11.9 Å². The smallest absolute Gasteiger partial charge is 0.343 e. The number of allylic oxidation sites excluding steroid dienone is 2. The van der Waals surface area contributed by atoms with Crippen LogP contribution in [0.2, 0.25) is 0 Å². The van der Waals surface area contributed by atoms with Gasteiger partial charge in [0.05, 0.1) is 18.2 Å². The molecule has 0 aliphatic rings. The van der Waals surface area contributed by atoms with Crippen molar-refractivity contribution in [1.82, 2.24) is 0 Å². The number of rotatable bonds is 9. The number of carbonyl (C=O) groups is 2. The van der Waals surface area contributed by atoms with Gasteiger partial charge in [-0.15, -0.1) is 0 Å². The molecule has 0 saturated carbocycles. The van der Waals surface area contributed by atoms with E-state index in [-0.39, 0.29) is 22.8 Å². The Hall–Kier alpha value is -5.82. The highest BCUT2D eigenvalue weighted by atomic mass is 16.5. The first-order valence-corrected chi connectivity index (χ1v) is 14.3.